The van der Waals surface area contributed by atoms with Crippen LogP contribution in [0.5, 0.6) is 0 Å². The van der Waals surface area contributed by atoms with Crippen LogP contribution in [-0.4, -0.2) is 16.3 Å². The standard InChI is InChI=1S/C11H7ClN2OS/c12-10-5-9(2-1-8(10)7-15)16-11-6-13-3-4-14-11/h1-7H. The van der Waals surface area contributed by atoms with Crippen molar-refractivity contribution in [3.8, 4) is 0 Å². The summed E-state index contributed by atoms with van der Waals surface area (Å²) < 4.78 is 0. The molecule has 5 heteroatoms. The van der Waals surface area contributed by atoms with E-state index in [0.717, 1.165) is 16.2 Å². The highest BCUT2D eigenvalue weighted by molar-refractivity contribution is 7.99. The first-order valence-corrected chi connectivity index (χ1v) is 5.67. The van der Waals surface area contributed by atoms with Crippen molar-refractivity contribution in [3.63, 3.8) is 0 Å². The Balaban J connectivity index is 2.23. The lowest BCUT2D eigenvalue weighted by Gasteiger charge is -2.01. The normalized spacial score (nSPS) is 10.1. The molecule has 1 heterocycles. The second-order valence-corrected chi connectivity index (χ2v) is 4.45. The van der Waals surface area contributed by atoms with E-state index >= 15 is 0 Å². The minimum atomic E-state index is 0.448. The Bertz CT molecular complexity index is 505. The molecule has 0 spiro atoms. The van der Waals surface area contributed by atoms with Gasteiger partial charge in [0.2, 0.25) is 0 Å². The first-order valence-electron chi connectivity index (χ1n) is 4.48. The van der Waals surface area contributed by atoms with E-state index in [2.05, 4.69) is 9.97 Å². The number of aldehydes is 1. The van der Waals surface area contributed by atoms with Crippen LogP contribution in [0.25, 0.3) is 0 Å². The smallest absolute Gasteiger partial charge is 0.151 e. The van der Waals surface area contributed by atoms with Crippen molar-refractivity contribution in [2.45, 2.75) is 9.92 Å². The van der Waals surface area contributed by atoms with Crippen molar-refractivity contribution < 1.29 is 4.79 Å². The maximum atomic E-state index is 10.6. The van der Waals surface area contributed by atoms with Crippen LogP contribution >= 0.6 is 23.4 Å². The molecule has 2 rings (SSSR count). The summed E-state index contributed by atoms with van der Waals surface area (Å²) in [6, 6.07) is 5.26. The number of rotatable bonds is 3. The van der Waals surface area contributed by atoms with Crippen LogP contribution in [0.1, 0.15) is 10.4 Å². The molecule has 0 aliphatic carbocycles. The molecule has 0 unspecified atom stereocenters. The number of hydrogen-bond acceptors (Lipinski definition) is 4. The molecular formula is C11H7ClN2OS. The molecule has 0 aliphatic rings. The lowest BCUT2D eigenvalue weighted by molar-refractivity contribution is 0.112. The molecule has 0 amide bonds. The fourth-order valence-electron chi connectivity index (χ4n) is 1.13. The maximum absolute atomic E-state index is 10.6. The molecule has 0 saturated heterocycles. The first kappa shape index (κ1) is 11.1. The van der Waals surface area contributed by atoms with Crippen LogP contribution in [0.3, 0.4) is 0 Å². The van der Waals surface area contributed by atoms with Crippen molar-refractivity contribution in [2.24, 2.45) is 0 Å². The number of carbonyl (C=O) groups excluding carboxylic acids is 1. The maximum Gasteiger partial charge on any atom is 0.151 e. The number of aromatic nitrogens is 2. The minimum Gasteiger partial charge on any atom is -0.298 e. The zero-order chi connectivity index (χ0) is 11.4. The average Bonchev–Trinajstić information content (AvgIpc) is 2.31. The fourth-order valence-corrected chi connectivity index (χ4v) is 2.20. The fraction of sp³-hybridized carbons (Fsp3) is 0. The first-order chi connectivity index (χ1) is 7.79. The zero-order valence-electron chi connectivity index (χ0n) is 8.13. The molecule has 1 aromatic heterocycles. The van der Waals surface area contributed by atoms with Gasteiger partial charge in [0.05, 0.1) is 11.2 Å². The van der Waals surface area contributed by atoms with Gasteiger partial charge < -0.3 is 0 Å². The monoisotopic (exact) mass is 250 g/mol. The van der Waals surface area contributed by atoms with Gasteiger partial charge >= 0.3 is 0 Å². The highest BCUT2D eigenvalue weighted by atomic mass is 35.5. The largest absolute Gasteiger partial charge is 0.298 e. The Labute approximate surface area is 102 Å². The van der Waals surface area contributed by atoms with Gasteiger partial charge in [-0.1, -0.05) is 23.4 Å². The molecule has 0 saturated carbocycles. The van der Waals surface area contributed by atoms with Crippen LogP contribution < -0.4 is 0 Å². The van der Waals surface area contributed by atoms with Crippen LogP contribution in [0, 0.1) is 0 Å². The van der Waals surface area contributed by atoms with Gasteiger partial charge in [-0.05, 0) is 18.2 Å². The number of nitrogens with zero attached hydrogens (tertiary/aromatic N) is 2. The third-order valence-corrected chi connectivity index (χ3v) is 3.10. The molecule has 0 atom stereocenters. The number of hydrogen-bond donors (Lipinski definition) is 0. The molecule has 1 aromatic carbocycles. The van der Waals surface area contributed by atoms with E-state index in [1.165, 1.54) is 11.8 Å². The Kier molecular flexibility index (Phi) is 3.54. The summed E-state index contributed by atoms with van der Waals surface area (Å²) in [5, 5.41) is 1.24. The van der Waals surface area contributed by atoms with Crippen molar-refractivity contribution in [1.29, 1.82) is 0 Å². The third-order valence-electron chi connectivity index (χ3n) is 1.86. The number of benzene rings is 1. The number of carbonyl (C=O) groups is 1. The second kappa shape index (κ2) is 5.09. The molecular weight excluding hydrogens is 244 g/mol. The van der Waals surface area contributed by atoms with Gasteiger partial charge in [-0.2, -0.15) is 0 Å². The molecule has 0 N–H and O–H groups in total. The van der Waals surface area contributed by atoms with Gasteiger partial charge in [0, 0.05) is 22.9 Å². The topological polar surface area (TPSA) is 42.9 Å². The van der Waals surface area contributed by atoms with Crippen molar-refractivity contribution >= 4 is 29.6 Å². The van der Waals surface area contributed by atoms with Crippen LogP contribution in [0.2, 0.25) is 5.02 Å². The molecule has 3 nitrogen and oxygen atoms in total. The van der Waals surface area contributed by atoms with E-state index in [1.807, 2.05) is 6.07 Å². The van der Waals surface area contributed by atoms with Crippen LogP contribution in [0.4, 0.5) is 0 Å². The van der Waals surface area contributed by atoms with Gasteiger partial charge in [-0.3, -0.25) is 9.78 Å². The average molecular weight is 251 g/mol. The van der Waals surface area contributed by atoms with E-state index in [9.17, 15) is 4.79 Å². The summed E-state index contributed by atoms with van der Waals surface area (Å²) in [5.41, 5.74) is 0.491. The highest BCUT2D eigenvalue weighted by Gasteiger charge is 2.03. The van der Waals surface area contributed by atoms with Gasteiger partial charge in [0.15, 0.2) is 6.29 Å². The van der Waals surface area contributed by atoms with Crippen molar-refractivity contribution in [2.75, 3.05) is 0 Å². The van der Waals surface area contributed by atoms with Crippen LogP contribution in [-0.2, 0) is 0 Å². The Morgan fingerprint density at radius 1 is 1.31 bits per heavy atom. The summed E-state index contributed by atoms with van der Waals surface area (Å²) in [6.45, 7) is 0. The van der Waals surface area contributed by atoms with Gasteiger partial charge in [-0.25, -0.2) is 4.98 Å². The van der Waals surface area contributed by atoms with E-state index in [4.69, 9.17) is 11.6 Å². The Morgan fingerprint density at radius 3 is 2.81 bits per heavy atom. The predicted molar refractivity (Wildman–Crippen MR) is 63.0 cm³/mol. The lowest BCUT2D eigenvalue weighted by atomic mass is 10.2. The van der Waals surface area contributed by atoms with Gasteiger partial charge in [-0.15, -0.1) is 0 Å². The van der Waals surface area contributed by atoms with Crippen molar-refractivity contribution in [3.05, 3.63) is 47.4 Å². The molecule has 2 aromatic rings. The predicted octanol–water partition coefficient (Wildman–Crippen LogP) is 3.09. The second-order valence-electron chi connectivity index (χ2n) is 2.95. The molecule has 0 bridgehead atoms. The van der Waals surface area contributed by atoms with Gasteiger partial charge in [0.1, 0.15) is 5.03 Å². The SMILES string of the molecule is O=Cc1ccc(Sc2cnccn2)cc1Cl. The van der Waals surface area contributed by atoms with E-state index in [-0.39, 0.29) is 0 Å². The summed E-state index contributed by atoms with van der Waals surface area (Å²) in [6.07, 6.45) is 5.65. The third kappa shape index (κ3) is 2.59. The number of halogens is 1. The quantitative estimate of drug-likeness (QED) is 0.785. The molecule has 80 valence electrons. The van der Waals surface area contributed by atoms with E-state index < -0.39 is 0 Å². The van der Waals surface area contributed by atoms with Crippen LogP contribution in [0.15, 0.2) is 46.7 Å². The summed E-state index contributed by atoms with van der Waals surface area (Å²) in [4.78, 5) is 19.6. The summed E-state index contributed by atoms with van der Waals surface area (Å²) in [7, 11) is 0. The Morgan fingerprint density at radius 2 is 2.19 bits per heavy atom. The molecule has 0 fully saturated rings. The lowest BCUT2D eigenvalue weighted by Crippen LogP contribution is -1.84. The van der Waals surface area contributed by atoms with E-state index in [0.29, 0.717) is 10.6 Å². The molecule has 0 aliphatic heterocycles. The highest BCUT2D eigenvalue weighted by Crippen LogP contribution is 2.28. The van der Waals surface area contributed by atoms with E-state index in [1.54, 1.807) is 30.7 Å². The summed E-state index contributed by atoms with van der Waals surface area (Å²) >= 11 is 7.36. The van der Waals surface area contributed by atoms with Gasteiger partial charge in [0.25, 0.3) is 0 Å². The molecule has 0 radical (unpaired) electrons. The zero-order valence-corrected chi connectivity index (χ0v) is 9.70. The molecule has 16 heavy (non-hydrogen) atoms. The Hall–Kier alpha value is -1.39. The van der Waals surface area contributed by atoms with Crippen molar-refractivity contribution in [1.82, 2.24) is 9.97 Å². The minimum absolute atomic E-state index is 0.448. The summed E-state index contributed by atoms with van der Waals surface area (Å²) in [5.74, 6) is 0.